The zero-order valence-corrected chi connectivity index (χ0v) is 13.9. The predicted molar refractivity (Wildman–Crippen MR) is 90.3 cm³/mol. The molecule has 24 heavy (non-hydrogen) atoms. The van der Waals surface area contributed by atoms with E-state index >= 15 is 0 Å². The average Bonchev–Trinajstić information content (AvgIpc) is 3.03. The van der Waals surface area contributed by atoms with Gasteiger partial charge in [0.15, 0.2) is 0 Å². The molecule has 3 heterocycles. The molecule has 1 aromatic heterocycles. The summed E-state index contributed by atoms with van der Waals surface area (Å²) in [4.78, 5) is 20.7. The Kier molecular flexibility index (Phi) is 3.82. The first kappa shape index (κ1) is 15.3. The molecular weight excluding hydrogens is 304 g/mol. The van der Waals surface area contributed by atoms with Gasteiger partial charge in [0, 0.05) is 25.8 Å². The molecule has 1 aromatic carbocycles. The van der Waals surface area contributed by atoms with Crippen molar-refractivity contribution in [2.24, 2.45) is 5.73 Å². The minimum atomic E-state index is -0.403. The fourth-order valence-corrected chi connectivity index (χ4v) is 3.54. The number of hydrogen-bond acceptors (Lipinski definition) is 5. The summed E-state index contributed by atoms with van der Waals surface area (Å²) in [6.45, 7) is 3.46. The Morgan fingerprint density at radius 2 is 2.21 bits per heavy atom. The highest BCUT2D eigenvalue weighted by molar-refractivity contribution is 5.98. The smallest absolute Gasteiger partial charge is 0.243 e. The fraction of sp³-hybridized carbons (Fsp3) is 0.471. The van der Waals surface area contributed by atoms with E-state index in [4.69, 9.17) is 5.73 Å². The van der Waals surface area contributed by atoms with Gasteiger partial charge in [0.1, 0.15) is 12.2 Å². The van der Waals surface area contributed by atoms with Crippen LogP contribution in [-0.2, 0) is 30.8 Å². The first-order valence-electron chi connectivity index (χ1n) is 8.36. The van der Waals surface area contributed by atoms with Crippen LogP contribution in [0.4, 0.5) is 5.69 Å². The summed E-state index contributed by atoms with van der Waals surface area (Å²) in [5.41, 5.74) is 9.35. The zero-order valence-electron chi connectivity index (χ0n) is 13.9. The van der Waals surface area contributed by atoms with E-state index in [1.807, 2.05) is 11.7 Å². The van der Waals surface area contributed by atoms with Gasteiger partial charge in [-0.15, -0.1) is 0 Å². The third-order valence-corrected chi connectivity index (χ3v) is 4.98. The largest absolute Gasteiger partial charge is 0.320 e. The molecule has 2 aliphatic heterocycles. The molecule has 0 fully saturated rings. The Morgan fingerprint density at radius 3 is 3.08 bits per heavy atom. The summed E-state index contributed by atoms with van der Waals surface area (Å²) in [6, 6.07) is 6.02. The molecule has 2 aliphatic rings. The molecule has 0 saturated heterocycles. The second kappa shape index (κ2) is 5.99. The van der Waals surface area contributed by atoms with E-state index in [1.165, 1.54) is 11.1 Å². The van der Waals surface area contributed by atoms with Crippen molar-refractivity contribution < 1.29 is 4.79 Å². The SMILES string of the molecule is CN1C(=O)C(N)CCc2ccc(CN3CCn4ncnc4C3)cc21. The molecule has 7 nitrogen and oxygen atoms in total. The minimum absolute atomic E-state index is 0.00280. The second-order valence-corrected chi connectivity index (χ2v) is 6.62. The van der Waals surface area contributed by atoms with Gasteiger partial charge in [-0.3, -0.25) is 9.69 Å². The van der Waals surface area contributed by atoms with Gasteiger partial charge in [0.25, 0.3) is 0 Å². The summed E-state index contributed by atoms with van der Waals surface area (Å²) >= 11 is 0. The first-order chi connectivity index (χ1) is 11.6. The summed E-state index contributed by atoms with van der Waals surface area (Å²) in [5, 5.41) is 4.21. The summed E-state index contributed by atoms with van der Waals surface area (Å²) < 4.78 is 1.96. The van der Waals surface area contributed by atoms with Crippen LogP contribution in [0.3, 0.4) is 0 Å². The van der Waals surface area contributed by atoms with Crippen molar-refractivity contribution >= 4 is 11.6 Å². The molecule has 126 valence electrons. The molecular formula is C17H22N6O. The summed E-state index contributed by atoms with van der Waals surface area (Å²) in [6.07, 6.45) is 3.17. The van der Waals surface area contributed by atoms with Gasteiger partial charge in [0.2, 0.25) is 5.91 Å². The monoisotopic (exact) mass is 326 g/mol. The Balaban J connectivity index is 1.55. The average molecular weight is 326 g/mol. The van der Waals surface area contributed by atoms with Crippen LogP contribution in [0.15, 0.2) is 24.5 Å². The molecule has 1 amide bonds. The number of carbonyl (C=O) groups is 1. The highest BCUT2D eigenvalue weighted by atomic mass is 16.2. The molecule has 1 atom stereocenters. The lowest BCUT2D eigenvalue weighted by Gasteiger charge is -2.27. The molecule has 7 heteroatoms. The molecule has 1 unspecified atom stereocenters. The number of nitrogens with two attached hydrogens (primary N) is 1. The first-order valence-corrected chi connectivity index (χ1v) is 8.36. The van der Waals surface area contributed by atoms with E-state index in [-0.39, 0.29) is 5.91 Å². The van der Waals surface area contributed by atoms with E-state index < -0.39 is 6.04 Å². The molecule has 2 N–H and O–H groups in total. The van der Waals surface area contributed by atoms with Crippen molar-refractivity contribution in [1.82, 2.24) is 19.7 Å². The topological polar surface area (TPSA) is 80.3 Å². The Morgan fingerprint density at radius 1 is 1.33 bits per heavy atom. The highest BCUT2D eigenvalue weighted by Gasteiger charge is 2.25. The molecule has 2 aromatic rings. The zero-order chi connectivity index (χ0) is 16.7. The molecule has 0 bridgehead atoms. The van der Waals surface area contributed by atoms with E-state index in [2.05, 4.69) is 33.2 Å². The van der Waals surface area contributed by atoms with Gasteiger partial charge in [-0.2, -0.15) is 5.10 Å². The lowest BCUT2D eigenvalue weighted by Crippen LogP contribution is -2.40. The Bertz CT molecular complexity index is 770. The van der Waals surface area contributed by atoms with E-state index in [1.54, 1.807) is 11.2 Å². The number of aryl methyl sites for hydroxylation is 1. The maximum Gasteiger partial charge on any atom is 0.243 e. The van der Waals surface area contributed by atoms with Crippen molar-refractivity contribution in [3.63, 3.8) is 0 Å². The van der Waals surface area contributed by atoms with Crippen LogP contribution in [0.5, 0.6) is 0 Å². The van der Waals surface area contributed by atoms with Crippen LogP contribution in [-0.4, -0.2) is 45.2 Å². The summed E-state index contributed by atoms with van der Waals surface area (Å²) in [5.74, 6) is 1.01. The fourth-order valence-electron chi connectivity index (χ4n) is 3.54. The van der Waals surface area contributed by atoms with Gasteiger partial charge < -0.3 is 10.6 Å². The lowest BCUT2D eigenvalue weighted by molar-refractivity contribution is -0.119. The van der Waals surface area contributed by atoms with Crippen molar-refractivity contribution in [3.05, 3.63) is 41.5 Å². The quantitative estimate of drug-likeness (QED) is 0.871. The van der Waals surface area contributed by atoms with E-state index in [0.29, 0.717) is 6.42 Å². The predicted octanol–water partition coefficient (Wildman–Crippen LogP) is 0.530. The molecule has 0 radical (unpaired) electrons. The van der Waals surface area contributed by atoms with Crippen LogP contribution in [0.25, 0.3) is 0 Å². The highest BCUT2D eigenvalue weighted by Crippen LogP contribution is 2.27. The van der Waals surface area contributed by atoms with Crippen LogP contribution in [0.2, 0.25) is 0 Å². The van der Waals surface area contributed by atoms with Crippen molar-refractivity contribution in [2.75, 3.05) is 18.5 Å². The number of anilines is 1. The molecule has 0 aliphatic carbocycles. The van der Waals surface area contributed by atoms with Gasteiger partial charge in [-0.25, -0.2) is 9.67 Å². The number of amides is 1. The number of nitrogens with zero attached hydrogens (tertiary/aromatic N) is 5. The number of fused-ring (bicyclic) bond motifs is 2. The van der Waals surface area contributed by atoms with Gasteiger partial charge in [0.05, 0.1) is 19.1 Å². The van der Waals surface area contributed by atoms with Crippen LogP contribution in [0.1, 0.15) is 23.4 Å². The minimum Gasteiger partial charge on any atom is -0.320 e. The number of rotatable bonds is 2. The van der Waals surface area contributed by atoms with Crippen LogP contribution >= 0.6 is 0 Å². The van der Waals surface area contributed by atoms with Crippen molar-refractivity contribution in [1.29, 1.82) is 0 Å². The van der Waals surface area contributed by atoms with Crippen LogP contribution in [0, 0.1) is 0 Å². The molecule has 0 spiro atoms. The number of hydrogen-bond donors (Lipinski definition) is 1. The number of likely N-dealkylation sites (N-methyl/N-ethyl adjacent to an activating group) is 1. The number of carbonyl (C=O) groups excluding carboxylic acids is 1. The Labute approximate surface area is 141 Å². The molecule has 0 saturated carbocycles. The van der Waals surface area contributed by atoms with Gasteiger partial charge >= 0.3 is 0 Å². The third kappa shape index (κ3) is 2.70. The summed E-state index contributed by atoms with van der Waals surface area (Å²) in [7, 11) is 1.82. The molecule has 4 rings (SSSR count). The second-order valence-electron chi connectivity index (χ2n) is 6.62. The van der Waals surface area contributed by atoms with E-state index in [0.717, 1.165) is 44.1 Å². The van der Waals surface area contributed by atoms with Gasteiger partial charge in [-0.1, -0.05) is 12.1 Å². The van der Waals surface area contributed by atoms with Crippen molar-refractivity contribution in [2.45, 2.75) is 38.5 Å². The number of benzene rings is 1. The Hall–Kier alpha value is -2.25. The van der Waals surface area contributed by atoms with Gasteiger partial charge in [-0.05, 0) is 30.0 Å². The third-order valence-electron chi connectivity index (χ3n) is 4.98. The maximum atomic E-state index is 12.3. The number of aromatic nitrogens is 3. The van der Waals surface area contributed by atoms with E-state index in [9.17, 15) is 4.79 Å². The van der Waals surface area contributed by atoms with Crippen LogP contribution < -0.4 is 10.6 Å². The normalized spacial score (nSPS) is 21.3. The standard InChI is InChI=1S/C17H22N6O/c1-21-15-8-12(2-3-13(15)4-5-14(18)17(21)24)9-22-6-7-23-16(10-22)19-11-20-23/h2-3,8,11,14H,4-7,9-10,18H2,1H3. The lowest BCUT2D eigenvalue weighted by atomic mass is 10.0. The van der Waals surface area contributed by atoms with Crippen molar-refractivity contribution in [3.8, 4) is 0 Å². The maximum absolute atomic E-state index is 12.3.